The molecule has 0 radical (unpaired) electrons. The van der Waals surface area contributed by atoms with Crippen molar-refractivity contribution in [3.8, 4) is 0 Å². The van der Waals surface area contributed by atoms with Gasteiger partial charge in [0.1, 0.15) is 6.61 Å². The molecule has 6 heteroatoms. The summed E-state index contributed by atoms with van der Waals surface area (Å²) < 4.78 is 5.08. The van der Waals surface area contributed by atoms with E-state index in [2.05, 4.69) is 0 Å². The zero-order valence-corrected chi connectivity index (χ0v) is 7.81. The second-order valence-corrected chi connectivity index (χ2v) is 3.25. The summed E-state index contributed by atoms with van der Waals surface area (Å²) in [5, 5.41) is 8.39. The molecule has 1 aliphatic rings. The van der Waals surface area contributed by atoms with Gasteiger partial charge < -0.3 is 20.5 Å². The topological polar surface area (TPSA) is 92.9 Å². The number of carboxylic acid groups (broad SMARTS) is 1. The van der Waals surface area contributed by atoms with Crippen LogP contribution in [0, 0.1) is 0 Å². The lowest BCUT2D eigenvalue weighted by Gasteiger charge is -2.30. The van der Waals surface area contributed by atoms with Crippen LogP contribution in [0.1, 0.15) is 12.8 Å². The van der Waals surface area contributed by atoms with Crippen molar-refractivity contribution in [1.82, 2.24) is 4.90 Å². The highest BCUT2D eigenvalue weighted by molar-refractivity contribution is 5.72. The molecule has 0 aromatic carbocycles. The Hall–Kier alpha value is -1.30. The largest absolute Gasteiger partial charge is 0.480 e. The number of amides is 2. The van der Waals surface area contributed by atoms with Crippen LogP contribution in [0.3, 0.4) is 0 Å². The van der Waals surface area contributed by atoms with Crippen LogP contribution in [0.25, 0.3) is 0 Å². The van der Waals surface area contributed by atoms with Gasteiger partial charge in [0.15, 0.2) is 0 Å². The van der Waals surface area contributed by atoms with Crippen LogP contribution in [0.4, 0.5) is 4.79 Å². The molecule has 1 saturated heterocycles. The van der Waals surface area contributed by atoms with E-state index in [-0.39, 0.29) is 12.7 Å². The Morgan fingerprint density at radius 3 is 2.86 bits per heavy atom. The molecule has 6 nitrogen and oxygen atoms in total. The lowest BCUT2D eigenvalue weighted by molar-refractivity contribution is -0.145. The lowest BCUT2D eigenvalue weighted by Crippen LogP contribution is -2.46. The van der Waals surface area contributed by atoms with Crippen molar-refractivity contribution >= 4 is 12.0 Å². The monoisotopic (exact) mass is 202 g/mol. The van der Waals surface area contributed by atoms with Crippen LogP contribution in [-0.4, -0.2) is 47.8 Å². The zero-order valence-electron chi connectivity index (χ0n) is 7.81. The molecule has 1 fully saturated rings. The number of nitrogens with zero attached hydrogens (tertiary/aromatic N) is 1. The Kier molecular flexibility index (Phi) is 3.70. The van der Waals surface area contributed by atoms with Crippen molar-refractivity contribution in [2.45, 2.75) is 18.9 Å². The second-order valence-electron chi connectivity index (χ2n) is 3.25. The average molecular weight is 202 g/mol. The number of hydrogen-bond donors (Lipinski definition) is 2. The molecule has 1 unspecified atom stereocenters. The van der Waals surface area contributed by atoms with E-state index in [9.17, 15) is 9.59 Å². The minimum absolute atomic E-state index is 0.202. The highest BCUT2D eigenvalue weighted by Crippen LogP contribution is 2.12. The second kappa shape index (κ2) is 4.80. The molecule has 1 rings (SSSR count). The molecule has 1 aliphatic heterocycles. The maximum Gasteiger partial charge on any atom is 0.329 e. The van der Waals surface area contributed by atoms with Gasteiger partial charge in [0.05, 0.1) is 6.10 Å². The van der Waals surface area contributed by atoms with Gasteiger partial charge in [-0.15, -0.1) is 0 Å². The Bertz CT molecular complexity index is 231. The number of nitrogens with two attached hydrogens (primary N) is 1. The first kappa shape index (κ1) is 10.8. The fourth-order valence-electron chi connectivity index (χ4n) is 1.46. The molecule has 0 bridgehead atoms. The van der Waals surface area contributed by atoms with E-state index < -0.39 is 12.0 Å². The summed E-state index contributed by atoms with van der Waals surface area (Å²) in [5.41, 5.74) is 5.10. The van der Waals surface area contributed by atoms with E-state index in [1.807, 2.05) is 0 Å². The molecule has 0 spiro atoms. The third-order valence-corrected chi connectivity index (χ3v) is 2.13. The molecule has 80 valence electrons. The summed E-state index contributed by atoms with van der Waals surface area (Å²) in [6, 6.07) is -0.478. The SMILES string of the molecule is NC(=O)N1CCCC(OCC(=O)O)C1. The predicted molar refractivity (Wildman–Crippen MR) is 47.8 cm³/mol. The number of likely N-dealkylation sites (tertiary alicyclic amines) is 1. The molecule has 3 N–H and O–H groups in total. The molecule has 1 atom stereocenters. The molecule has 0 aromatic rings. The van der Waals surface area contributed by atoms with Crippen LogP contribution < -0.4 is 5.73 Å². The van der Waals surface area contributed by atoms with Gasteiger partial charge in [-0.25, -0.2) is 9.59 Å². The Morgan fingerprint density at radius 2 is 2.29 bits per heavy atom. The van der Waals surface area contributed by atoms with E-state index in [0.717, 1.165) is 12.8 Å². The van der Waals surface area contributed by atoms with Crippen LogP contribution in [0.15, 0.2) is 0 Å². The van der Waals surface area contributed by atoms with Gasteiger partial charge in [-0.05, 0) is 12.8 Å². The van der Waals surface area contributed by atoms with Gasteiger partial charge in [0.25, 0.3) is 0 Å². The molecule has 1 heterocycles. The number of carboxylic acids is 1. The number of ether oxygens (including phenoxy) is 1. The molecule has 0 aliphatic carbocycles. The third-order valence-electron chi connectivity index (χ3n) is 2.13. The van der Waals surface area contributed by atoms with Crippen molar-refractivity contribution in [2.24, 2.45) is 5.73 Å². The van der Waals surface area contributed by atoms with Crippen molar-refractivity contribution < 1.29 is 19.4 Å². The summed E-state index contributed by atoms with van der Waals surface area (Å²) in [6.45, 7) is 0.697. The van der Waals surface area contributed by atoms with Crippen molar-refractivity contribution in [3.63, 3.8) is 0 Å². The quantitative estimate of drug-likeness (QED) is 0.653. The van der Waals surface area contributed by atoms with Gasteiger partial charge in [-0.3, -0.25) is 0 Å². The number of rotatable bonds is 3. The number of hydrogen-bond acceptors (Lipinski definition) is 3. The molecular formula is C8H14N2O4. The lowest BCUT2D eigenvalue weighted by atomic mass is 10.1. The van der Waals surface area contributed by atoms with Gasteiger partial charge in [0.2, 0.25) is 0 Å². The minimum atomic E-state index is -0.999. The normalized spacial score (nSPS) is 22.0. The summed E-state index contributed by atoms with van der Waals surface area (Å²) in [5.74, 6) is -0.999. The minimum Gasteiger partial charge on any atom is -0.480 e. The number of carbonyl (C=O) groups excluding carboxylic acids is 1. The summed E-state index contributed by atoms with van der Waals surface area (Å²) in [7, 11) is 0. The van der Waals surface area contributed by atoms with Crippen molar-refractivity contribution in [2.75, 3.05) is 19.7 Å². The molecular weight excluding hydrogens is 188 g/mol. The highest BCUT2D eigenvalue weighted by Gasteiger charge is 2.22. The Balaban J connectivity index is 2.32. The average Bonchev–Trinajstić information content (AvgIpc) is 2.15. The first-order chi connectivity index (χ1) is 6.59. The predicted octanol–water partition coefficient (Wildman–Crippen LogP) is -0.369. The molecule has 0 saturated carbocycles. The van der Waals surface area contributed by atoms with Gasteiger partial charge in [0, 0.05) is 13.1 Å². The third kappa shape index (κ3) is 3.21. The summed E-state index contributed by atoms with van der Waals surface area (Å²) in [4.78, 5) is 22.5. The molecule has 14 heavy (non-hydrogen) atoms. The number of carbonyl (C=O) groups is 2. The van der Waals surface area contributed by atoms with E-state index in [1.165, 1.54) is 4.90 Å². The fourth-order valence-corrected chi connectivity index (χ4v) is 1.46. The van der Waals surface area contributed by atoms with E-state index >= 15 is 0 Å². The van der Waals surface area contributed by atoms with Gasteiger partial charge in [-0.2, -0.15) is 0 Å². The summed E-state index contributed by atoms with van der Waals surface area (Å²) >= 11 is 0. The Morgan fingerprint density at radius 1 is 1.57 bits per heavy atom. The van der Waals surface area contributed by atoms with Gasteiger partial charge in [-0.1, -0.05) is 0 Å². The maximum absolute atomic E-state index is 10.8. The number of primary amides is 1. The maximum atomic E-state index is 10.8. The number of urea groups is 1. The zero-order chi connectivity index (χ0) is 10.6. The van der Waals surface area contributed by atoms with Crippen LogP contribution in [-0.2, 0) is 9.53 Å². The van der Waals surface area contributed by atoms with E-state index in [1.54, 1.807) is 0 Å². The standard InChI is InChI=1S/C8H14N2O4/c9-8(13)10-3-1-2-6(4-10)14-5-7(11)12/h6H,1-5H2,(H2,9,13)(H,11,12). The van der Waals surface area contributed by atoms with Crippen LogP contribution >= 0.6 is 0 Å². The molecule has 0 aromatic heterocycles. The van der Waals surface area contributed by atoms with E-state index in [0.29, 0.717) is 13.1 Å². The highest BCUT2D eigenvalue weighted by atomic mass is 16.5. The molecule has 2 amide bonds. The van der Waals surface area contributed by atoms with Crippen LogP contribution in [0.2, 0.25) is 0 Å². The first-order valence-corrected chi connectivity index (χ1v) is 4.47. The van der Waals surface area contributed by atoms with Crippen LogP contribution in [0.5, 0.6) is 0 Å². The van der Waals surface area contributed by atoms with E-state index in [4.69, 9.17) is 15.6 Å². The van der Waals surface area contributed by atoms with Crippen molar-refractivity contribution in [1.29, 1.82) is 0 Å². The Labute approximate surface area is 81.6 Å². The fraction of sp³-hybridized carbons (Fsp3) is 0.750. The summed E-state index contributed by atoms with van der Waals surface area (Å²) in [6.07, 6.45) is 1.37. The smallest absolute Gasteiger partial charge is 0.329 e. The van der Waals surface area contributed by atoms with Crippen molar-refractivity contribution in [3.05, 3.63) is 0 Å². The first-order valence-electron chi connectivity index (χ1n) is 4.47. The number of piperidine rings is 1. The number of aliphatic carboxylic acids is 1. The van der Waals surface area contributed by atoms with Gasteiger partial charge >= 0.3 is 12.0 Å².